The largest absolute Gasteiger partial charge is 0.450 e. The van der Waals surface area contributed by atoms with Crippen molar-refractivity contribution in [3.05, 3.63) is 106 Å². The number of hydrazone groups is 1. The number of halogens is 2. The molecule has 1 atom stereocenters. The van der Waals surface area contributed by atoms with Crippen molar-refractivity contribution in [3.8, 4) is 0 Å². The summed E-state index contributed by atoms with van der Waals surface area (Å²) < 4.78 is 7.11. The number of nitrogens with one attached hydrogen (secondary N) is 3. The van der Waals surface area contributed by atoms with Crippen LogP contribution in [-0.2, 0) is 22.5 Å². The normalized spacial score (nSPS) is 12.2. The average Bonchev–Trinajstić information content (AvgIpc) is 3.52. The molecule has 10 heteroatoms. The molecule has 0 saturated heterocycles. The lowest BCUT2D eigenvalue weighted by atomic mass is 10.0. The molecule has 2 amide bonds. The molecule has 0 unspecified atom stereocenters. The topological polar surface area (TPSA) is 101 Å². The molecule has 0 radical (unpaired) electrons. The van der Waals surface area contributed by atoms with Gasteiger partial charge in [0.05, 0.1) is 22.9 Å². The summed E-state index contributed by atoms with van der Waals surface area (Å²) in [6.45, 7) is 2.47. The van der Waals surface area contributed by atoms with Gasteiger partial charge in [-0.25, -0.2) is 10.2 Å². The van der Waals surface area contributed by atoms with Gasteiger partial charge in [-0.3, -0.25) is 4.79 Å². The number of nitrogens with zero attached hydrogens (tertiary/aromatic N) is 2. The first-order valence-corrected chi connectivity index (χ1v) is 13.5. The fourth-order valence-corrected chi connectivity index (χ4v) is 4.95. The van der Waals surface area contributed by atoms with Crippen LogP contribution in [0.2, 0.25) is 10.0 Å². The van der Waals surface area contributed by atoms with E-state index in [4.69, 9.17) is 27.9 Å². The summed E-state index contributed by atoms with van der Waals surface area (Å²) >= 11 is 12.3. The molecule has 3 aromatic carbocycles. The zero-order chi connectivity index (χ0) is 28.1. The molecule has 0 aliphatic carbocycles. The Morgan fingerprint density at radius 3 is 2.62 bits per heavy atom. The molecule has 0 saturated carbocycles. The van der Waals surface area contributed by atoms with Crippen molar-refractivity contribution >= 4 is 63.2 Å². The third-order valence-corrected chi connectivity index (χ3v) is 7.26. The van der Waals surface area contributed by atoms with Crippen molar-refractivity contribution in [2.24, 2.45) is 5.10 Å². The molecule has 0 aliphatic heterocycles. The van der Waals surface area contributed by atoms with Gasteiger partial charge in [0.2, 0.25) is 0 Å². The predicted molar refractivity (Wildman–Crippen MR) is 159 cm³/mol. The minimum absolute atomic E-state index is 0.192. The van der Waals surface area contributed by atoms with Crippen LogP contribution < -0.4 is 10.7 Å². The van der Waals surface area contributed by atoms with Crippen LogP contribution in [0, 0.1) is 0 Å². The number of benzene rings is 3. The fourth-order valence-electron chi connectivity index (χ4n) is 4.63. The number of hydrogen-bond acceptors (Lipinski definition) is 4. The number of aromatic nitrogens is 2. The average molecular weight is 576 g/mol. The van der Waals surface area contributed by atoms with E-state index in [-0.39, 0.29) is 13.0 Å². The van der Waals surface area contributed by atoms with E-state index >= 15 is 0 Å². The van der Waals surface area contributed by atoms with Gasteiger partial charge in [0.15, 0.2) is 0 Å². The van der Waals surface area contributed by atoms with E-state index in [2.05, 4.69) is 25.4 Å². The third-order valence-electron chi connectivity index (χ3n) is 6.52. The van der Waals surface area contributed by atoms with E-state index in [1.807, 2.05) is 73.1 Å². The second kappa shape index (κ2) is 12.3. The van der Waals surface area contributed by atoms with Crippen molar-refractivity contribution in [2.45, 2.75) is 25.9 Å². The molecule has 2 heterocycles. The Labute approximate surface area is 240 Å². The predicted octanol–water partition coefficient (Wildman–Crippen LogP) is 6.29. The summed E-state index contributed by atoms with van der Waals surface area (Å²) in [4.78, 5) is 28.6. The molecule has 0 aliphatic rings. The smallest absolute Gasteiger partial charge is 0.407 e. The molecular weight excluding hydrogens is 549 g/mol. The van der Waals surface area contributed by atoms with Gasteiger partial charge in [-0.1, -0.05) is 65.7 Å². The third kappa shape index (κ3) is 6.14. The highest BCUT2D eigenvalue weighted by molar-refractivity contribution is 6.42. The zero-order valence-corrected chi connectivity index (χ0v) is 23.2. The summed E-state index contributed by atoms with van der Waals surface area (Å²) in [6, 6.07) is 20.4. The van der Waals surface area contributed by atoms with Gasteiger partial charge < -0.3 is 19.6 Å². The number of carbonyl (C=O) groups is 2. The van der Waals surface area contributed by atoms with E-state index < -0.39 is 18.0 Å². The van der Waals surface area contributed by atoms with Crippen LogP contribution in [0.1, 0.15) is 23.6 Å². The van der Waals surface area contributed by atoms with Gasteiger partial charge in [0.25, 0.3) is 5.91 Å². The molecule has 0 spiro atoms. The number of H-pyrrole nitrogens is 1. The number of rotatable bonds is 9. The van der Waals surface area contributed by atoms with Crippen LogP contribution in [0.3, 0.4) is 0 Å². The minimum atomic E-state index is -0.897. The van der Waals surface area contributed by atoms with Crippen LogP contribution in [-0.4, -0.2) is 40.4 Å². The van der Waals surface area contributed by atoms with Crippen molar-refractivity contribution in [2.75, 3.05) is 6.61 Å². The molecule has 2 aromatic heterocycles. The molecule has 5 rings (SSSR count). The second-order valence-corrected chi connectivity index (χ2v) is 10.0. The van der Waals surface area contributed by atoms with E-state index in [1.54, 1.807) is 19.2 Å². The number of aromatic amines is 1. The SMILES string of the molecule is CCOC(=O)N[C@H](Cc1c[nH]c2ccccc12)C(=O)N/N=C\c1cn(Cc2ccc(Cl)c(Cl)c2)c2ccccc12. The molecular formula is C30H27Cl2N5O3. The summed E-state index contributed by atoms with van der Waals surface area (Å²) in [7, 11) is 0. The Kier molecular flexibility index (Phi) is 8.38. The summed E-state index contributed by atoms with van der Waals surface area (Å²) in [5.74, 6) is -0.464. The van der Waals surface area contributed by atoms with E-state index in [1.165, 1.54) is 0 Å². The minimum Gasteiger partial charge on any atom is -0.450 e. The number of carbonyl (C=O) groups excluding carboxylic acids is 2. The van der Waals surface area contributed by atoms with Gasteiger partial charge in [-0.05, 0) is 42.3 Å². The quantitative estimate of drug-likeness (QED) is 0.142. The first-order chi connectivity index (χ1) is 19.4. The number of para-hydroxylation sites is 2. The summed E-state index contributed by atoms with van der Waals surface area (Å²) in [5, 5.41) is 9.83. The van der Waals surface area contributed by atoms with Crippen molar-refractivity contribution < 1.29 is 14.3 Å². The lowest BCUT2D eigenvalue weighted by molar-refractivity contribution is -0.123. The van der Waals surface area contributed by atoms with E-state index in [0.29, 0.717) is 16.6 Å². The molecule has 5 aromatic rings. The van der Waals surface area contributed by atoms with Crippen LogP contribution in [0.4, 0.5) is 4.79 Å². The Morgan fingerprint density at radius 2 is 1.82 bits per heavy atom. The molecule has 0 fully saturated rings. The van der Waals surface area contributed by atoms with E-state index in [0.717, 1.165) is 38.5 Å². The lowest BCUT2D eigenvalue weighted by Gasteiger charge is -2.16. The van der Waals surface area contributed by atoms with Crippen LogP contribution in [0.5, 0.6) is 0 Å². The highest BCUT2D eigenvalue weighted by Crippen LogP contribution is 2.25. The lowest BCUT2D eigenvalue weighted by Crippen LogP contribution is -2.47. The van der Waals surface area contributed by atoms with Gasteiger partial charge in [-0.2, -0.15) is 5.10 Å². The summed E-state index contributed by atoms with van der Waals surface area (Å²) in [6.07, 6.45) is 4.98. The highest BCUT2D eigenvalue weighted by Gasteiger charge is 2.23. The first kappa shape index (κ1) is 27.3. The monoisotopic (exact) mass is 575 g/mol. The van der Waals surface area contributed by atoms with E-state index in [9.17, 15) is 9.59 Å². The Hall–Kier alpha value is -4.27. The maximum Gasteiger partial charge on any atom is 0.407 e. The molecule has 0 bridgehead atoms. The van der Waals surface area contributed by atoms with Crippen LogP contribution in [0.15, 0.2) is 84.2 Å². The number of fused-ring (bicyclic) bond motifs is 2. The number of amides is 2. The van der Waals surface area contributed by atoms with Gasteiger partial charge in [-0.15, -0.1) is 0 Å². The molecule has 40 heavy (non-hydrogen) atoms. The number of alkyl carbamates (subject to hydrolysis) is 1. The Morgan fingerprint density at radius 1 is 1.05 bits per heavy atom. The molecule has 204 valence electrons. The van der Waals surface area contributed by atoms with Gasteiger partial charge in [0.1, 0.15) is 6.04 Å². The maximum atomic E-state index is 13.2. The fraction of sp³-hybridized carbons (Fsp3) is 0.167. The van der Waals surface area contributed by atoms with Crippen molar-refractivity contribution in [3.63, 3.8) is 0 Å². The Balaban J connectivity index is 1.34. The summed E-state index contributed by atoms with van der Waals surface area (Å²) in [5.41, 5.74) is 7.24. The van der Waals surface area contributed by atoms with Gasteiger partial charge >= 0.3 is 6.09 Å². The maximum absolute atomic E-state index is 13.2. The van der Waals surface area contributed by atoms with Crippen molar-refractivity contribution in [1.82, 2.24) is 20.3 Å². The Bertz CT molecular complexity index is 1710. The highest BCUT2D eigenvalue weighted by atomic mass is 35.5. The zero-order valence-electron chi connectivity index (χ0n) is 21.7. The number of hydrogen-bond donors (Lipinski definition) is 3. The molecule has 3 N–H and O–H groups in total. The van der Waals surface area contributed by atoms with Crippen LogP contribution >= 0.6 is 23.2 Å². The second-order valence-electron chi connectivity index (χ2n) is 9.19. The van der Waals surface area contributed by atoms with Crippen molar-refractivity contribution in [1.29, 1.82) is 0 Å². The number of ether oxygens (including phenoxy) is 1. The standard InChI is InChI=1S/C30H27Cl2N5O3/c1-2-40-30(39)35-27(14-20-15-33-26-9-5-3-7-22(20)26)29(38)36-34-16-21-18-37(28-10-6-4-8-23(21)28)17-19-11-12-24(31)25(32)13-19/h3-13,15-16,18,27,33H,2,14,17H2,1H3,(H,35,39)(H,36,38)/b34-16-/t27-/m1/s1. The first-order valence-electron chi connectivity index (χ1n) is 12.8. The van der Waals surface area contributed by atoms with Crippen LogP contribution in [0.25, 0.3) is 21.8 Å². The molecule has 8 nitrogen and oxygen atoms in total. The van der Waals surface area contributed by atoms with Gasteiger partial charge in [0, 0.05) is 52.7 Å².